The van der Waals surface area contributed by atoms with E-state index in [1.54, 1.807) is 0 Å². The highest BCUT2D eigenvalue weighted by atomic mass is 16.4. The molecule has 0 spiro atoms. The molecule has 218 valence electrons. The summed E-state index contributed by atoms with van der Waals surface area (Å²) >= 11 is 0. The van der Waals surface area contributed by atoms with E-state index in [4.69, 9.17) is 0 Å². The average Bonchev–Trinajstić information content (AvgIpc) is 2.89. The van der Waals surface area contributed by atoms with E-state index in [2.05, 4.69) is 13.8 Å². The van der Waals surface area contributed by atoms with Crippen LogP contribution in [0.15, 0.2) is 0 Å². The molecule has 0 rings (SSSR count). The molecule has 0 fully saturated rings. The van der Waals surface area contributed by atoms with Crippen LogP contribution in [0.5, 0.6) is 0 Å². The van der Waals surface area contributed by atoms with Gasteiger partial charge in [-0.25, -0.2) is 0 Å². The maximum Gasteiger partial charge on any atom is 0.113 e. The largest absolute Gasteiger partial charge is 0.393 e. The van der Waals surface area contributed by atoms with E-state index in [0.29, 0.717) is 12.8 Å². The average molecular weight is 513 g/mol. The van der Waals surface area contributed by atoms with Gasteiger partial charge in [0.1, 0.15) is 5.60 Å². The van der Waals surface area contributed by atoms with Gasteiger partial charge in [0, 0.05) is 0 Å². The molecule has 3 heteroatoms. The molecule has 0 aliphatic rings. The van der Waals surface area contributed by atoms with Crippen molar-refractivity contribution in [1.82, 2.24) is 0 Å². The highest BCUT2D eigenvalue weighted by Crippen LogP contribution is 2.24. The van der Waals surface area contributed by atoms with Crippen LogP contribution in [-0.4, -0.2) is 33.6 Å². The van der Waals surface area contributed by atoms with Gasteiger partial charge in [-0.2, -0.15) is 0 Å². The molecule has 0 saturated carbocycles. The van der Waals surface area contributed by atoms with E-state index in [-0.39, 0.29) is 6.61 Å². The first-order valence-corrected chi connectivity index (χ1v) is 16.6. The highest BCUT2D eigenvalue weighted by molar-refractivity contribution is 4.85. The van der Waals surface area contributed by atoms with E-state index < -0.39 is 11.7 Å². The van der Waals surface area contributed by atoms with Crippen LogP contribution < -0.4 is 0 Å². The Kier molecular flexibility index (Phi) is 27.8. The Labute approximate surface area is 227 Å². The van der Waals surface area contributed by atoms with Crippen LogP contribution in [-0.2, 0) is 0 Å². The van der Waals surface area contributed by atoms with Gasteiger partial charge in [0.2, 0.25) is 0 Å². The van der Waals surface area contributed by atoms with Crippen molar-refractivity contribution in [2.75, 3.05) is 6.61 Å². The Morgan fingerprint density at radius 2 is 0.722 bits per heavy atom. The smallest absolute Gasteiger partial charge is 0.113 e. The topological polar surface area (TPSA) is 60.7 Å². The van der Waals surface area contributed by atoms with Crippen molar-refractivity contribution in [1.29, 1.82) is 0 Å². The molecule has 0 aliphatic heterocycles. The number of hydrogen-bond acceptors (Lipinski definition) is 3. The van der Waals surface area contributed by atoms with Crippen LogP contribution in [0.1, 0.15) is 194 Å². The minimum Gasteiger partial charge on any atom is -0.393 e. The monoisotopic (exact) mass is 513 g/mol. The zero-order chi connectivity index (χ0) is 26.6. The summed E-state index contributed by atoms with van der Waals surface area (Å²) < 4.78 is 0. The SMILES string of the molecule is CCCCCCCCCCCCCCCCC(O)C(O)(CO)CCCCCCCCCCCCCC. The summed E-state index contributed by atoms with van der Waals surface area (Å²) in [5, 5.41) is 31.0. The molecule has 0 aliphatic carbocycles. The standard InChI is InChI=1S/C33H68O3/c1-3-5-7-9-11-13-15-17-18-19-21-23-25-27-29-32(35)33(36,31-34)30-28-26-24-22-20-16-14-12-10-8-6-4-2/h32,34-36H,3-31H2,1-2H3. The van der Waals surface area contributed by atoms with Gasteiger partial charge in [0.15, 0.2) is 0 Å². The van der Waals surface area contributed by atoms with Gasteiger partial charge >= 0.3 is 0 Å². The van der Waals surface area contributed by atoms with Gasteiger partial charge < -0.3 is 15.3 Å². The fraction of sp³-hybridized carbons (Fsp3) is 1.00. The Balaban J connectivity index is 3.56. The molecular formula is C33H68O3. The third-order valence-corrected chi connectivity index (χ3v) is 8.19. The lowest BCUT2D eigenvalue weighted by Gasteiger charge is -2.31. The van der Waals surface area contributed by atoms with Gasteiger partial charge in [-0.05, 0) is 12.8 Å². The van der Waals surface area contributed by atoms with E-state index in [1.807, 2.05) is 0 Å². The summed E-state index contributed by atoms with van der Waals surface area (Å²) in [6.45, 7) is 4.21. The van der Waals surface area contributed by atoms with Crippen LogP contribution >= 0.6 is 0 Å². The summed E-state index contributed by atoms with van der Waals surface area (Å²) in [5.41, 5.74) is -1.31. The molecule has 36 heavy (non-hydrogen) atoms. The molecule has 0 aromatic carbocycles. The zero-order valence-electron chi connectivity index (χ0n) is 24.9. The minimum atomic E-state index is -1.31. The normalized spacial score (nSPS) is 14.2. The second-order valence-electron chi connectivity index (χ2n) is 11.8. The van der Waals surface area contributed by atoms with Crippen molar-refractivity contribution in [2.24, 2.45) is 0 Å². The first-order chi connectivity index (χ1) is 17.6. The summed E-state index contributed by atoms with van der Waals surface area (Å²) in [7, 11) is 0. The van der Waals surface area contributed by atoms with Gasteiger partial charge in [0.05, 0.1) is 12.7 Å². The first-order valence-electron chi connectivity index (χ1n) is 16.6. The highest BCUT2D eigenvalue weighted by Gasteiger charge is 2.33. The van der Waals surface area contributed by atoms with Crippen molar-refractivity contribution in [2.45, 2.75) is 205 Å². The second-order valence-corrected chi connectivity index (χ2v) is 11.8. The first kappa shape index (κ1) is 35.9. The number of hydrogen-bond donors (Lipinski definition) is 3. The maximum absolute atomic E-state index is 10.8. The molecule has 2 atom stereocenters. The quantitative estimate of drug-likeness (QED) is 0.0839. The van der Waals surface area contributed by atoms with Crippen LogP contribution in [0.3, 0.4) is 0 Å². The van der Waals surface area contributed by atoms with Crippen molar-refractivity contribution in [3.63, 3.8) is 0 Å². The Morgan fingerprint density at radius 3 is 1.03 bits per heavy atom. The molecule has 0 amide bonds. The third-order valence-electron chi connectivity index (χ3n) is 8.19. The van der Waals surface area contributed by atoms with Gasteiger partial charge in [-0.1, -0.05) is 181 Å². The molecule has 2 unspecified atom stereocenters. The predicted octanol–water partition coefficient (Wildman–Crippen LogP) is 10.0. The summed E-state index contributed by atoms with van der Waals surface area (Å²) in [6, 6.07) is 0. The van der Waals surface area contributed by atoms with Crippen molar-refractivity contribution < 1.29 is 15.3 Å². The number of aliphatic hydroxyl groups is 3. The van der Waals surface area contributed by atoms with E-state index in [0.717, 1.165) is 25.7 Å². The molecule has 0 radical (unpaired) electrons. The molecule has 0 aromatic heterocycles. The molecule has 3 N–H and O–H groups in total. The van der Waals surface area contributed by atoms with Crippen LogP contribution in [0.2, 0.25) is 0 Å². The molecule has 0 bridgehead atoms. The Morgan fingerprint density at radius 1 is 0.444 bits per heavy atom. The van der Waals surface area contributed by atoms with Crippen molar-refractivity contribution >= 4 is 0 Å². The number of unbranched alkanes of at least 4 members (excludes halogenated alkanes) is 24. The van der Waals surface area contributed by atoms with Gasteiger partial charge in [-0.15, -0.1) is 0 Å². The van der Waals surface area contributed by atoms with Crippen LogP contribution in [0, 0.1) is 0 Å². The van der Waals surface area contributed by atoms with Crippen LogP contribution in [0.25, 0.3) is 0 Å². The third kappa shape index (κ3) is 23.0. The van der Waals surface area contributed by atoms with E-state index >= 15 is 0 Å². The second kappa shape index (κ2) is 27.9. The summed E-state index contributed by atoms with van der Waals surface area (Å²) in [4.78, 5) is 0. The minimum absolute atomic E-state index is 0.329. The van der Waals surface area contributed by atoms with E-state index in [9.17, 15) is 15.3 Å². The molecule has 0 saturated heterocycles. The van der Waals surface area contributed by atoms with Crippen LogP contribution in [0.4, 0.5) is 0 Å². The Hall–Kier alpha value is -0.120. The summed E-state index contributed by atoms with van der Waals surface area (Å²) in [6.07, 6.45) is 34.2. The lowest BCUT2D eigenvalue weighted by Crippen LogP contribution is -2.45. The van der Waals surface area contributed by atoms with Crippen molar-refractivity contribution in [3.8, 4) is 0 Å². The fourth-order valence-electron chi connectivity index (χ4n) is 5.42. The fourth-order valence-corrected chi connectivity index (χ4v) is 5.42. The number of rotatable bonds is 30. The zero-order valence-corrected chi connectivity index (χ0v) is 24.9. The lowest BCUT2D eigenvalue weighted by molar-refractivity contribution is -0.114. The molecular weight excluding hydrogens is 444 g/mol. The summed E-state index contributed by atoms with van der Waals surface area (Å²) in [5.74, 6) is 0. The Bertz CT molecular complexity index is 414. The molecule has 0 aromatic rings. The molecule has 0 heterocycles. The maximum atomic E-state index is 10.8. The predicted molar refractivity (Wildman–Crippen MR) is 159 cm³/mol. The molecule has 3 nitrogen and oxygen atoms in total. The van der Waals surface area contributed by atoms with Gasteiger partial charge in [0.25, 0.3) is 0 Å². The number of aliphatic hydroxyl groups excluding tert-OH is 2. The van der Waals surface area contributed by atoms with Crippen molar-refractivity contribution in [3.05, 3.63) is 0 Å². The van der Waals surface area contributed by atoms with E-state index in [1.165, 1.54) is 141 Å². The lowest BCUT2D eigenvalue weighted by atomic mass is 9.87. The van der Waals surface area contributed by atoms with Gasteiger partial charge in [-0.3, -0.25) is 0 Å².